The van der Waals surface area contributed by atoms with Crippen molar-refractivity contribution >= 4 is 5.91 Å². The fourth-order valence-electron chi connectivity index (χ4n) is 3.17. The highest BCUT2D eigenvalue weighted by atomic mass is 16.5. The zero-order valence-electron chi connectivity index (χ0n) is 18.5. The molecule has 0 saturated carbocycles. The lowest BCUT2D eigenvalue weighted by Crippen LogP contribution is -2.25. The first-order chi connectivity index (χ1) is 14.7. The zero-order chi connectivity index (χ0) is 21.6. The molecule has 2 rings (SSSR count). The van der Waals surface area contributed by atoms with E-state index in [0.717, 1.165) is 48.7 Å². The fourth-order valence-corrected chi connectivity index (χ4v) is 3.17. The van der Waals surface area contributed by atoms with E-state index in [1.807, 2.05) is 50.2 Å². The van der Waals surface area contributed by atoms with Crippen LogP contribution in [0.2, 0.25) is 0 Å². The molecular formula is C25H35NO4. The smallest absolute Gasteiger partial charge is 0.220 e. The summed E-state index contributed by atoms with van der Waals surface area (Å²) < 4.78 is 17.0. The second kappa shape index (κ2) is 13.5. The molecule has 0 spiro atoms. The van der Waals surface area contributed by atoms with E-state index in [-0.39, 0.29) is 5.91 Å². The van der Waals surface area contributed by atoms with Crippen molar-refractivity contribution in [3.8, 4) is 17.2 Å². The summed E-state index contributed by atoms with van der Waals surface area (Å²) in [5, 5.41) is 3.02. The molecule has 0 aliphatic rings. The number of nitrogens with one attached hydrogen (secondary N) is 1. The number of hydrogen-bond acceptors (Lipinski definition) is 4. The van der Waals surface area contributed by atoms with Gasteiger partial charge in [-0.2, -0.15) is 0 Å². The number of carbonyl (C=O) groups is 1. The summed E-state index contributed by atoms with van der Waals surface area (Å²) in [6, 6.07) is 14.0. The molecule has 5 nitrogen and oxygen atoms in total. The second-order valence-corrected chi connectivity index (χ2v) is 7.06. The summed E-state index contributed by atoms with van der Waals surface area (Å²) >= 11 is 0. The number of para-hydroxylation sites is 1. The number of benzene rings is 2. The molecule has 2 aromatic carbocycles. The van der Waals surface area contributed by atoms with Crippen LogP contribution in [0.3, 0.4) is 0 Å². The van der Waals surface area contributed by atoms with Gasteiger partial charge in [-0.1, -0.05) is 31.2 Å². The minimum Gasteiger partial charge on any atom is -0.493 e. The Bertz CT molecular complexity index is 775. The normalized spacial score (nSPS) is 10.5. The maximum atomic E-state index is 12.2. The Balaban J connectivity index is 1.75. The quantitative estimate of drug-likeness (QED) is 0.445. The third-order valence-electron chi connectivity index (χ3n) is 4.63. The van der Waals surface area contributed by atoms with Crippen LogP contribution in [0.1, 0.15) is 51.2 Å². The van der Waals surface area contributed by atoms with Gasteiger partial charge in [-0.05, 0) is 68.9 Å². The monoisotopic (exact) mass is 413 g/mol. The maximum Gasteiger partial charge on any atom is 0.220 e. The van der Waals surface area contributed by atoms with Crippen molar-refractivity contribution in [1.82, 2.24) is 5.32 Å². The predicted molar refractivity (Wildman–Crippen MR) is 121 cm³/mol. The molecular weight excluding hydrogens is 378 g/mol. The lowest BCUT2D eigenvalue weighted by Gasteiger charge is -2.12. The molecule has 5 heteroatoms. The Morgan fingerprint density at radius 1 is 0.867 bits per heavy atom. The van der Waals surface area contributed by atoms with Gasteiger partial charge in [0.2, 0.25) is 5.91 Å². The van der Waals surface area contributed by atoms with Crippen molar-refractivity contribution in [3.63, 3.8) is 0 Å². The van der Waals surface area contributed by atoms with Crippen LogP contribution in [-0.4, -0.2) is 32.3 Å². The van der Waals surface area contributed by atoms with Gasteiger partial charge in [-0.3, -0.25) is 4.79 Å². The molecule has 0 radical (unpaired) electrons. The molecule has 0 heterocycles. The van der Waals surface area contributed by atoms with Crippen LogP contribution in [0.4, 0.5) is 0 Å². The van der Waals surface area contributed by atoms with Gasteiger partial charge in [0, 0.05) is 13.0 Å². The number of carbonyl (C=O) groups excluding carboxylic acids is 1. The number of hydrogen-bond donors (Lipinski definition) is 1. The summed E-state index contributed by atoms with van der Waals surface area (Å²) in [7, 11) is 0. The van der Waals surface area contributed by atoms with E-state index >= 15 is 0 Å². The highest BCUT2D eigenvalue weighted by molar-refractivity contribution is 5.76. The Labute approximate surface area is 180 Å². The van der Waals surface area contributed by atoms with Crippen molar-refractivity contribution < 1.29 is 19.0 Å². The lowest BCUT2D eigenvalue weighted by molar-refractivity contribution is -0.121. The molecule has 0 unspecified atom stereocenters. The molecule has 0 aliphatic heterocycles. The van der Waals surface area contributed by atoms with Crippen molar-refractivity contribution in [2.75, 3.05) is 26.4 Å². The molecule has 0 atom stereocenters. The van der Waals surface area contributed by atoms with Crippen LogP contribution >= 0.6 is 0 Å². The summed E-state index contributed by atoms with van der Waals surface area (Å²) in [6.45, 7) is 8.56. The van der Waals surface area contributed by atoms with Crippen LogP contribution in [-0.2, 0) is 17.6 Å². The molecule has 0 bridgehead atoms. The van der Waals surface area contributed by atoms with Crippen molar-refractivity contribution in [3.05, 3.63) is 53.6 Å². The van der Waals surface area contributed by atoms with E-state index in [0.29, 0.717) is 32.6 Å². The van der Waals surface area contributed by atoms with Crippen molar-refractivity contribution in [2.45, 2.75) is 52.9 Å². The standard InChI is InChI=1S/C25H35NO4/c1-4-18-30-22-12-8-7-10-21(22)11-9-17-26-25(27)16-14-20-13-15-23(28-5-2)24(19-20)29-6-3/h7-8,10,12-13,15,19H,4-6,9,11,14,16-18H2,1-3H3,(H,26,27). The summed E-state index contributed by atoms with van der Waals surface area (Å²) in [5.74, 6) is 2.50. The SMILES string of the molecule is CCCOc1ccccc1CCCNC(=O)CCc1ccc(OCC)c(OCC)c1. The van der Waals surface area contributed by atoms with Crippen LogP contribution in [0.5, 0.6) is 17.2 Å². The van der Waals surface area contributed by atoms with E-state index in [9.17, 15) is 4.79 Å². The topological polar surface area (TPSA) is 56.8 Å². The molecule has 0 saturated heterocycles. The van der Waals surface area contributed by atoms with Crippen molar-refractivity contribution in [2.24, 2.45) is 0 Å². The van der Waals surface area contributed by atoms with Crippen LogP contribution in [0, 0.1) is 0 Å². The van der Waals surface area contributed by atoms with Gasteiger partial charge >= 0.3 is 0 Å². The van der Waals surface area contributed by atoms with Gasteiger partial charge < -0.3 is 19.5 Å². The molecule has 0 fully saturated rings. The lowest BCUT2D eigenvalue weighted by atomic mass is 10.1. The molecule has 0 aromatic heterocycles. The Hall–Kier alpha value is -2.69. The number of amides is 1. The maximum absolute atomic E-state index is 12.2. The summed E-state index contributed by atoms with van der Waals surface area (Å²) in [4.78, 5) is 12.2. The predicted octanol–water partition coefficient (Wildman–Crippen LogP) is 4.95. The van der Waals surface area contributed by atoms with Crippen molar-refractivity contribution in [1.29, 1.82) is 0 Å². The molecule has 164 valence electrons. The van der Waals surface area contributed by atoms with E-state index < -0.39 is 0 Å². The van der Waals surface area contributed by atoms with Crippen LogP contribution in [0.25, 0.3) is 0 Å². The van der Waals surface area contributed by atoms with Gasteiger partial charge in [0.1, 0.15) is 5.75 Å². The molecule has 1 amide bonds. The summed E-state index contributed by atoms with van der Waals surface area (Å²) in [5.41, 5.74) is 2.26. The van der Waals surface area contributed by atoms with Gasteiger partial charge in [0.05, 0.1) is 19.8 Å². The van der Waals surface area contributed by atoms with E-state index in [4.69, 9.17) is 14.2 Å². The van der Waals surface area contributed by atoms with Gasteiger partial charge in [0.25, 0.3) is 0 Å². The fraction of sp³-hybridized carbons (Fsp3) is 0.480. The molecule has 30 heavy (non-hydrogen) atoms. The van der Waals surface area contributed by atoms with Gasteiger partial charge in [0.15, 0.2) is 11.5 Å². The summed E-state index contributed by atoms with van der Waals surface area (Å²) in [6.07, 6.45) is 3.89. The second-order valence-electron chi connectivity index (χ2n) is 7.06. The largest absolute Gasteiger partial charge is 0.493 e. The average Bonchev–Trinajstić information content (AvgIpc) is 2.76. The number of rotatable bonds is 14. The highest BCUT2D eigenvalue weighted by Gasteiger charge is 2.08. The highest BCUT2D eigenvalue weighted by Crippen LogP contribution is 2.29. The van der Waals surface area contributed by atoms with E-state index in [1.54, 1.807) is 0 Å². The van der Waals surface area contributed by atoms with E-state index in [2.05, 4.69) is 18.3 Å². The zero-order valence-corrected chi connectivity index (χ0v) is 18.5. The first kappa shape index (κ1) is 23.6. The third kappa shape index (κ3) is 7.97. The minimum absolute atomic E-state index is 0.0670. The number of ether oxygens (including phenoxy) is 3. The van der Waals surface area contributed by atoms with Crippen LogP contribution < -0.4 is 19.5 Å². The Morgan fingerprint density at radius 3 is 2.40 bits per heavy atom. The third-order valence-corrected chi connectivity index (χ3v) is 4.63. The molecule has 2 aromatic rings. The molecule has 0 aliphatic carbocycles. The Kier molecular flexibility index (Phi) is 10.6. The first-order valence-corrected chi connectivity index (χ1v) is 11.0. The van der Waals surface area contributed by atoms with Crippen LogP contribution in [0.15, 0.2) is 42.5 Å². The first-order valence-electron chi connectivity index (χ1n) is 11.0. The average molecular weight is 414 g/mol. The van der Waals surface area contributed by atoms with Gasteiger partial charge in [-0.15, -0.1) is 0 Å². The molecule has 1 N–H and O–H groups in total. The van der Waals surface area contributed by atoms with E-state index in [1.165, 1.54) is 5.56 Å². The Morgan fingerprint density at radius 2 is 1.63 bits per heavy atom. The van der Waals surface area contributed by atoms with Gasteiger partial charge in [-0.25, -0.2) is 0 Å². The minimum atomic E-state index is 0.0670. The number of aryl methyl sites for hydroxylation is 2.